The lowest BCUT2D eigenvalue weighted by Gasteiger charge is -2.35. The number of rotatable bonds is 4. The zero-order valence-corrected chi connectivity index (χ0v) is 13.4. The fraction of sp³-hybridized carbons (Fsp3) is 0.438. The predicted molar refractivity (Wildman–Crippen MR) is 87.8 cm³/mol. The minimum absolute atomic E-state index is 0.130. The van der Waals surface area contributed by atoms with Gasteiger partial charge in [0, 0.05) is 24.2 Å². The SMILES string of the molecule is N#Cc1nn(-c2cccc(Cl)c2)nc1N1CCCCC1CCO. The molecule has 1 aromatic carbocycles. The second-order valence-corrected chi connectivity index (χ2v) is 6.05. The molecule has 2 heterocycles. The molecular formula is C16H18ClN5O. The summed E-state index contributed by atoms with van der Waals surface area (Å²) in [7, 11) is 0. The summed E-state index contributed by atoms with van der Waals surface area (Å²) in [5.74, 6) is 0.589. The average Bonchev–Trinajstić information content (AvgIpc) is 3.00. The first kappa shape index (κ1) is 15.8. The van der Waals surface area contributed by atoms with E-state index >= 15 is 0 Å². The highest BCUT2D eigenvalue weighted by Gasteiger charge is 2.27. The second-order valence-electron chi connectivity index (χ2n) is 5.61. The van der Waals surface area contributed by atoms with E-state index in [-0.39, 0.29) is 12.6 Å². The van der Waals surface area contributed by atoms with Gasteiger partial charge in [0.2, 0.25) is 5.69 Å². The molecule has 1 unspecified atom stereocenters. The van der Waals surface area contributed by atoms with Gasteiger partial charge in [-0.25, -0.2) is 0 Å². The molecule has 0 radical (unpaired) electrons. The van der Waals surface area contributed by atoms with Crippen molar-refractivity contribution in [1.82, 2.24) is 15.0 Å². The van der Waals surface area contributed by atoms with Crippen molar-refractivity contribution in [2.24, 2.45) is 0 Å². The van der Waals surface area contributed by atoms with Crippen molar-refractivity contribution in [3.63, 3.8) is 0 Å². The minimum Gasteiger partial charge on any atom is -0.396 e. The van der Waals surface area contributed by atoms with Gasteiger partial charge >= 0.3 is 0 Å². The van der Waals surface area contributed by atoms with Crippen LogP contribution in [0.1, 0.15) is 31.4 Å². The number of halogens is 1. The molecule has 120 valence electrons. The molecule has 0 aliphatic carbocycles. The Balaban J connectivity index is 1.97. The zero-order chi connectivity index (χ0) is 16.2. The van der Waals surface area contributed by atoms with Crippen LogP contribution in [-0.4, -0.2) is 39.3 Å². The normalized spacial score (nSPS) is 18.0. The van der Waals surface area contributed by atoms with Crippen LogP contribution in [0.2, 0.25) is 5.02 Å². The molecule has 1 atom stereocenters. The van der Waals surface area contributed by atoms with Crippen LogP contribution in [0.4, 0.5) is 5.82 Å². The van der Waals surface area contributed by atoms with E-state index in [2.05, 4.69) is 21.2 Å². The Hall–Kier alpha value is -2.10. The van der Waals surface area contributed by atoms with Gasteiger partial charge in [0.15, 0.2) is 5.82 Å². The van der Waals surface area contributed by atoms with E-state index < -0.39 is 0 Å². The molecule has 1 aliphatic heterocycles. The van der Waals surface area contributed by atoms with Crippen molar-refractivity contribution in [3.05, 3.63) is 35.0 Å². The van der Waals surface area contributed by atoms with Crippen LogP contribution in [-0.2, 0) is 0 Å². The van der Waals surface area contributed by atoms with Crippen LogP contribution in [0, 0.1) is 11.3 Å². The van der Waals surface area contributed by atoms with Gasteiger partial charge in [-0.3, -0.25) is 0 Å². The number of hydrogen-bond acceptors (Lipinski definition) is 5. The molecule has 3 rings (SSSR count). The molecule has 0 spiro atoms. The maximum absolute atomic E-state index is 9.41. The van der Waals surface area contributed by atoms with Crippen LogP contribution in [0.25, 0.3) is 5.69 Å². The van der Waals surface area contributed by atoms with Crippen LogP contribution in [0.3, 0.4) is 0 Å². The zero-order valence-electron chi connectivity index (χ0n) is 12.7. The van der Waals surface area contributed by atoms with E-state index in [1.54, 1.807) is 12.1 Å². The largest absolute Gasteiger partial charge is 0.396 e. The van der Waals surface area contributed by atoms with Crippen LogP contribution in [0.15, 0.2) is 24.3 Å². The molecule has 0 bridgehead atoms. The fourth-order valence-corrected chi connectivity index (χ4v) is 3.19. The van der Waals surface area contributed by atoms with Crippen molar-refractivity contribution in [2.45, 2.75) is 31.7 Å². The van der Waals surface area contributed by atoms with Crippen molar-refractivity contribution in [2.75, 3.05) is 18.1 Å². The van der Waals surface area contributed by atoms with Gasteiger partial charge in [-0.05, 0) is 43.9 Å². The van der Waals surface area contributed by atoms with Crippen molar-refractivity contribution in [3.8, 4) is 11.8 Å². The summed E-state index contributed by atoms with van der Waals surface area (Å²) in [5.41, 5.74) is 1.02. The van der Waals surface area contributed by atoms with Gasteiger partial charge in [-0.15, -0.1) is 15.0 Å². The Morgan fingerprint density at radius 2 is 2.22 bits per heavy atom. The quantitative estimate of drug-likeness (QED) is 0.931. The molecule has 1 fully saturated rings. The summed E-state index contributed by atoms with van der Waals surface area (Å²) in [6.45, 7) is 0.957. The first-order valence-electron chi connectivity index (χ1n) is 7.74. The van der Waals surface area contributed by atoms with E-state index in [0.29, 0.717) is 23.0 Å². The summed E-state index contributed by atoms with van der Waals surface area (Å²) in [6, 6.07) is 9.53. The van der Waals surface area contributed by atoms with E-state index in [0.717, 1.165) is 31.5 Å². The smallest absolute Gasteiger partial charge is 0.207 e. The van der Waals surface area contributed by atoms with E-state index in [4.69, 9.17) is 11.6 Å². The molecule has 23 heavy (non-hydrogen) atoms. The lowest BCUT2D eigenvalue weighted by molar-refractivity contribution is 0.262. The number of aliphatic hydroxyl groups is 1. The maximum Gasteiger partial charge on any atom is 0.207 e. The van der Waals surface area contributed by atoms with Crippen LogP contribution < -0.4 is 4.90 Å². The molecule has 1 aliphatic rings. The van der Waals surface area contributed by atoms with Gasteiger partial charge in [-0.2, -0.15) is 5.26 Å². The molecule has 1 saturated heterocycles. The molecule has 7 heteroatoms. The van der Waals surface area contributed by atoms with Gasteiger partial charge in [-0.1, -0.05) is 17.7 Å². The number of benzene rings is 1. The predicted octanol–water partition coefficient (Wildman–Crippen LogP) is 2.53. The summed E-state index contributed by atoms with van der Waals surface area (Å²) in [6.07, 6.45) is 3.85. The Bertz CT molecular complexity index is 722. The third-order valence-corrected chi connectivity index (χ3v) is 4.34. The number of nitriles is 1. The molecule has 0 saturated carbocycles. The Labute approximate surface area is 139 Å². The highest BCUT2D eigenvalue weighted by molar-refractivity contribution is 6.30. The first-order valence-corrected chi connectivity index (χ1v) is 8.11. The highest BCUT2D eigenvalue weighted by Crippen LogP contribution is 2.27. The Morgan fingerprint density at radius 3 is 2.96 bits per heavy atom. The molecule has 2 aromatic rings. The first-order chi connectivity index (χ1) is 11.2. The topological polar surface area (TPSA) is 78.0 Å². The number of aliphatic hydroxyl groups excluding tert-OH is 1. The molecule has 1 aromatic heterocycles. The second kappa shape index (κ2) is 6.99. The number of anilines is 1. The number of piperidine rings is 1. The van der Waals surface area contributed by atoms with Gasteiger partial charge in [0.05, 0.1) is 5.69 Å². The van der Waals surface area contributed by atoms with Gasteiger partial charge in [0.1, 0.15) is 6.07 Å². The minimum atomic E-state index is 0.130. The van der Waals surface area contributed by atoms with Crippen molar-refractivity contribution < 1.29 is 5.11 Å². The maximum atomic E-state index is 9.41. The lowest BCUT2D eigenvalue weighted by atomic mass is 9.99. The summed E-state index contributed by atoms with van der Waals surface area (Å²) in [4.78, 5) is 3.55. The molecule has 0 amide bonds. The molecule has 6 nitrogen and oxygen atoms in total. The Morgan fingerprint density at radius 1 is 1.35 bits per heavy atom. The third-order valence-electron chi connectivity index (χ3n) is 4.10. The van der Waals surface area contributed by atoms with E-state index in [9.17, 15) is 10.4 Å². The highest BCUT2D eigenvalue weighted by atomic mass is 35.5. The van der Waals surface area contributed by atoms with Crippen LogP contribution >= 0.6 is 11.6 Å². The number of nitrogens with zero attached hydrogens (tertiary/aromatic N) is 5. The molecule has 1 N–H and O–H groups in total. The van der Waals surface area contributed by atoms with Crippen molar-refractivity contribution >= 4 is 17.4 Å². The summed E-state index contributed by atoms with van der Waals surface area (Å²) < 4.78 is 0. The number of aromatic nitrogens is 3. The lowest BCUT2D eigenvalue weighted by Crippen LogP contribution is -2.40. The fourth-order valence-electron chi connectivity index (χ4n) is 3.01. The molecular weight excluding hydrogens is 314 g/mol. The monoisotopic (exact) mass is 331 g/mol. The van der Waals surface area contributed by atoms with E-state index in [1.165, 1.54) is 4.80 Å². The van der Waals surface area contributed by atoms with Crippen molar-refractivity contribution in [1.29, 1.82) is 5.26 Å². The average molecular weight is 332 g/mol. The van der Waals surface area contributed by atoms with Gasteiger partial charge in [0.25, 0.3) is 0 Å². The third kappa shape index (κ3) is 3.31. The Kier molecular flexibility index (Phi) is 4.79. The summed E-state index contributed by atoms with van der Waals surface area (Å²) >= 11 is 6.02. The standard InChI is InChI=1S/C16H18ClN5O/c17-12-4-3-6-14(10-12)22-19-15(11-18)16(20-22)21-8-2-1-5-13(21)7-9-23/h3-4,6,10,13,23H,1-2,5,7-9H2. The van der Waals surface area contributed by atoms with E-state index in [1.807, 2.05) is 12.1 Å². The summed E-state index contributed by atoms with van der Waals surface area (Å²) in [5, 5.41) is 28.1. The van der Waals surface area contributed by atoms with Gasteiger partial charge < -0.3 is 10.0 Å². The van der Waals surface area contributed by atoms with Crippen LogP contribution in [0.5, 0.6) is 0 Å². The number of hydrogen-bond donors (Lipinski definition) is 1.